The first-order valence-electron chi connectivity index (χ1n) is 12.6. The summed E-state index contributed by atoms with van der Waals surface area (Å²) in [4.78, 5) is 15.5. The van der Waals surface area contributed by atoms with Crippen LogP contribution in [0.3, 0.4) is 0 Å². The summed E-state index contributed by atoms with van der Waals surface area (Å²) in [7, 11) is 1.53. The van der Waals surface area contributed by atoms with Crippen LogP contribution in [0.1, 0.15) is 47.1 Å². The average Bonchev–Trinajstić information content (AvgIpc) is 3.73. The largest absolute Gasteiger partial charge is 0.493 e. The van der Waals surface area contributed by atoms with E-state index in [2.05, 4.69) is 36.1 Å². The second-order valence-electron chi connectivity index (χ2n) is 9.17. The number of carbonyl (C=O) groups is 1. The summed E-state index contributed by atoms with van der Waals surface area (Å²) in [6.45, 7) is 4.24. The van der Waals surface area contributed by atoms with Crippen molar-refractivity contribution in [2.45, 2.75) is 32.9 Å². The number of halogens is 1. The number of nitrogens with zero attached hydrogens (tertiary/aromatic N) is 7. The molecule has 14 heteroatoms. The molecule has 0 unspecified atom stereocenters. The van der Waals surface area contributed by atoms with Crippen LogP contribution >= 0.6 is 0 Å². The highest BCUT2D eigenvalue weighted by Crippen LogP contribution is 2.29. The molecule has 5 rings (SSSR count). The second-order valence-corrected chi connectivity index (χ2v) is 9.17. The SMILES string of the molecule is COc1cc(/C(C)=N/NC(=O)c2c(CN3CCCC3)nnn2-c2nonc2N)ccc1OCc1ccc(F)cc1. The van der Waals surface area contributed by atoms with Crippen LogP contribution in [0.2, 0.25) is 0 Å². The Bertz CT molecular complexity index is 1510. The van der Waals surface area contributed by atoms with E-state index in [-0.39, 0.29) is 29.8 Å². The van der Waals surface area contributed by atoms with E-state index in [0.29, 0.717) is 35.0 Å². The third-order valence-electron chi connectivity index (χ3n) is 6.44. The van der Waals surface area contributed by atoms with Gasteiger partial charge in [0.15, 0.2) is 17.2 Å². The molecule has 1 aliphatic rings. The predicted octanol–water partition coefficient (Wildman–Crippen LogP) is 2.71. The van der Waals surface area contributed by atoms with Crippen LogP contribution < -0.4 is 20.6 Å². The molecule has 4 aromatic rings. The molecule has 1 aliphatic heterocycles. The van der Waals surface area contributed by atoms with E-state index >= 15 is 0 Å². The third kappa shape index (κ3) is 5.91. The van der Waals surface area contributed by atoms with Gasteiger partial charge in [-0.1, -0.05) is 17.3 Å². The Hall–Kier alpha value is -4.85. The number of methoxy groups -OCH3 is 1. The maximum Gasteiger partial charge on any atom is 0.292 e. The molecule has 13 nitrogen and oxygen atoms in total. The number of benzene rings is 2. The maximum absolute atomic E-state index is 13.4. The highest BCUT2D eigenvalue weighted by molar-refractivity contribution is 6.01. The number of hydrogen-bond acceptors (Lipinski definition) is 11. The molecular weight excluding hydrogens is 521 g/mol. The third-order valence-corrected chi connectivity index (χ3v) is 6.44. The van der Waals surface area contributed by atoms with Gasteiger partial charge < -0.3 is 15.2 Å². The molecule has 0 atom stereocenters. The average molecular weight is 550 g/mol. The Morgan fingerprint density at radius 2 is 1.93 bits per heavy atom. The number of likely N-dealkylation sites (tertiary alicyclic amines) is 1. The van der Waals surface area contributed by atoms with Gasteiger partial charge in [-0.2, -0.15) is 9.78 Å². The molecule has 40 heavy (non-hydrogen) atoms. The minimum absolute atomic E-state index is 0.0276. The van der Waals surface area contributed by atoms with Crippen LogP contribution in [0.4, 0.5) is 10.2 Å². The van der Waals surface area contributed by atoms with Gasteiger partial charge >= 0.3 is 0 Å². The van der Waals surface area contributed by atoms with E-state index < -0.39 is 5.91 Å². The highest BCUT2D eigenvalue weighted by atomic mass is 19.1. The van der Waals surface area contributed by atoms with Crippen LogP contribution in [0.5, 0.6) is 11.5 Å². The molecule has 0 saturated carbocycles. The number of carbonyl (C=O) groups excluding carboxylic acids is 1. The summed E-state index contributed by atoms with van der Waals surface area (Å²) in [5.74, 6) is 0.159. The van der Waals surface area contributed by atoms with Gasteiger partial charge in [-0.25, -0.2) is 14.4 Å². The Balaban J connectivity index is 1.33. The molecule has 3 heterocycles. The molecule has 208 valence electrons. The quantitative estimate of drug-likeness (QED) is 0.222. The number of ether oxygens (including phenoxy) is 2. The number of rotatable bonds is 10. The van der Waals surface area contributed by atoms with Gasteiger partial charge in [-0.3, -0.25) is 9.69 Å². The van der Waals surface area contributed by atoms with Crippen LogP contribution in [0.15, 0.2) is 52.2 Å². The predicted molar refractivity (Wildman–Crippen MR) is 142 cm³/mol. The first-order chi connectivity index (χ1) is 19.4. The van der Waals surface area contributed by atoms with Gasteiger partial charge in [-0.05, 0) is 79.1 Å². The molecule has 1 fully saturated rings. The lowest BCUT2D eigenvalue weighted by atomic mass is 10.1. The summed E-state index contributed by atoms with van der Waals surface area (Å²) in [5, 5.41) is 19.9. The molecule has 0 radical (unpaired) electrons. The number of anilines is 1. The zero-order chi connectivity index (χ0) is 28.1. The standard InChI is InChI=1S/C26H28FN9O4/c1-16(18-7-10-21(22(13-18)38-2)39-15-17-5-8-19(27)9-6-17)29-31-26(37)23-20(14-35-11-3-4-12-35)30-34-36(23)25-24(28)32-40-33-25/h5-10,13H,3-4,11-12,14-15H2,1-2H3,(H2,28,32)(H,31,37)/b29-16+. The van der Waals surface area contributed by atoms with Gasteiger partial charge in [0.2, 0.25) is 11.6 Å². The van der Waals surface area contributed by atoms with Gasteiger partial charge in [0, 0.05) is 12.1 Å². The fraction of sp³-hybridized carbons (Fsp3) is 0.308. The topological polar surface area (TPSA) is 159 Å². The number of aromatic nitrogens is 5. The number of nitrogen functional groups attached to an aromatic ring is 1. The van der Waals surface area contributed by atoms with Crippen molar-refractivity contribution in [3.8, 4) is 17.3 Å². The summed E-state index contributed by atoms with van der Waals surface area (Å²) >= 11 is 0. The molecule has 2 aromatic carbocycles. The lowest BCUT2D eigenvalue weighted by Gasteiger charge is -2.13. The number of hydrogen-bond donors (Lipinski definition) is 2. The van der Waals surface area contributed by atoms with E-state index in [1.807, 2.05) is 0 Å². The Kier molecular flexibility index (Phi) is 7.96. The maximum atomic E-state index is 13.4. The molecule has 1 saturated heterocycles. The zero-order valence-electron chi connectivity index (χ0n) is 22.0. The Morgan fingerprint density at radius 1 is 1.15 bits per heavy atom. The molecule has 3 N–H and O–H groups in total. The van der Waals surface area contributed by atoms with Crippen molar-refractivity contribution in [2.75, 3.05) is 25.9 Å². The van der Waals surface area contributed by atoms with Crippen LogP contribution in [-0.4, -0.2) is 62.0 Å². The number of amides is 1. The van der Waals surface area contributed by atoms with E-state index in [1.165, 1.54) is 23.9 Å². The fourth-order valence-electron chi connectivity index (χ4n) is 4.29. The molecule has 1 amide bonds. The Morgan fingerprint density at radius 3 is 2.62 bits per heavy atom. The van der Waals surface area contributed by atoms with E-state index in [1.54, 1.807) is 37.3 Å². The van der Waals surface area contributed by atoms with E-state index in [0.717, 1.165) is 31.5 Å². The number of nitrogens with one attached hydrogen (secondary N) is 1. The van der Waals surface area contributed by atoms with E-state index in [4.69, 9.17) is 19.8 Å². The monoisotopic (exact) mass is 549 g/mol. The van der Waals surface area contributed by atoms with Crippen molar-refractivity contribution in [1.29, 1.82) is 0 Å². The van der Waals surface area contributed by atoms with Crippen molar-refractivity contribution in [2.24, 2.45) is 5.10 Å². The minimum atomic E-state index is -0.549. The summed E-state index contributed by atoms with van der Waals surface area (Å²) < 4.78 is 30.4. The van der Waals surface area contributed by atoms with Crippen LogP contribution in [0, 0.1) is 5.82 Å². The minimum Gasteiger partial charge on any atom is -0.493 e. The van der Waals surface area contributed by atoms with Crippen molar-refractivity contribution in [1.82, 2.24) is 35.6 Å². The molecule has 0 aliphatic carbocycles. The molecule has 0 bridgehead atoms. The summed E-state index contributed by atoms with van der Waals surface area (Å²) in [6.07, 6.45) is 2.16. The smallest absolute Gasteiger partial charge is 0.292 e. The Labute approximate surface area is 228 Å². The first kappa shape index (κ1) is 26.7. The van der Waals surface area contributed by atoms with Gasteiger partial charge in [0.1, 0.15) is 18.1 Å². The molecule has 2 aromatic heterocycles. The van der Waals surface area contributed by atoms with Crippen molar-refractivity contribution in [3.05, 3.63) is 70.8 Å². The fourth-order valence-corrected chi connectivity index (χ4v) is 4.29. The van der Waals surface area contributed by atoms with Crippen molar-refractivity contribution in [3.63, 3.8) is 0 Å². The zero-order valence-corrected chi connectivity index (χ0v) is 22.0. The van der Waals surface area contributed by atoms with Gasteiger partial charge in [-0.15, -0.1) is 5.10 Å². The molecular formula is C26H28FN9O4. The normalized spacial score (nSPS) is 13.9. The number of hydrazone groups is 1. The lowest BCUT2D eigenvalue weighted by Crippen LogP contribution is -2.26. The lowest BCUT2D eigenvalue weighted by molar-refractivity contribution is 0.0945. The van der Waals surface area contributed by atoms with Crippen molar-refractivity contribution >= 4 is 17.4 Å². The van der Waals surface area contributed by atoms with Crippen molar-refractivity contribution < 1.29 is 23.3 Å². The number of nitrogens with two attached hydrogens (primary N) is 1. The second kappa shape index (κ2) is 11.9. The van der Waals surface area contributed by atoms with Crippen LogP contribution in [0.25, 0.3) is 5.82 Å². The van der Waals surface area contributed by atoms with Gasteiger partial charge in [0.05, 0.1) is 12.8 Å². The summed E-state index contributed by atoms with van der Waals surface area (Å²) in [6, 6.07) is 11.3. The van der Waals surface area contributed by atoms with Gasteiger partial charge in [0.25, 0.3) is 5.91 Å². The van der Waals surface area contributed by atoms with E-state index in [9.17, 15) is 9.18 Å². The molecule has 0 spiro atoms. The first-order valence-corrected chi connectivity index (χ1v) is 12.6. The van der Waals surface area contributed by atoms with Crippen LogP contribution in [-0.2, 0) is 13.2 Å². The summed E-state index contributed by atoms with van der Waals surface area (Å²) in [5.41, 5.74) is 11.0. The highest BCUT2D eigenvalue weighted by Gasteiger charge is 2.27.